The highest BCUT2D eigenvalue weighted by atomic mass is 19.1. The van der Waals surface area contributed by atoms with Gasteiger partial charge < -0.3 is 5.41 Å². The van der Waals surface area contributed by atoms with Gasteiger partial charge in [0.25, 0.3) is 0 Å². The zero-order chi connectivity index (χ0) is 16.6. The monoisotopic (exact) mass is 317 g/mol. The number of nitrogens with one attached hydrogen (secondary N) is 1. The Morgan fingerprint density at radius 3 is 2.65 bits per heavy atom. The molecule has 126 valence electrons. The minimum absolute atomic E-state index is 0.120. The summed E-state index contributed by atoms with van der Waals surface area (Å²) in [5.41, 5.74) is 1.97. The Hall–Kier alpha value is -0.990. The number of hydrogen-bond donors (Lipinski definition) is 1. The Balaban J connectivity index is 1.74. The molecule has 2 nitrogen and oxygen atoms in total. The molecule has 0 aromatic rings. The smallest absolute Gasteiger partial charge is 0.173 e. The van der Waals surface area contributed by atoms with E-state index in [0.29, 0.717) is 24.2 Å². The van der Waals surface area contributed by atoms with Gasteiger partial charge in [-0.25, -0.2) is 4.39 Å². The van der Waals surface area contributed by atoms with Crippen molar-refractivity contribution >= 4 is 11.5 Å². The lowest BCUT2D eigenvalue weighted by atomic mass is 9.46. The molecule has 0 radical (unpaired) electrons. The number of carbonyl (C=O) groups is 1. The van der Waals surface area contributed by atoms with Crippen LogP contribution in [0.4, 0.5) is 4.39 Å². The van der Waals surface area contributed by atoms with E-state index in [4.69, 9.17) is 5.41 Å². The van der Waals surface area contributed by atoms with Gasteiger partial charge in [0.1, 0.15) is 0 Å². The lowest BCUT2D eigenvalue weighted by molar-refractivity contribution is -0.135. The predicted octanol–water partition coefficient (Wildman–Crippen LogP) is 4.73. The number of fused-ring (bicyclic) bond motifs is 5. The van der Waals surface area contributed by atoms with Gasteiger partial charge in [0, 0.05) is 11.1 Å². The Morgan fingerprint density at radius 1 is 1.17 bits per heavy atom. The van der Waals surface area contributed by atoms with Crippen LogP contribution in [0.3, 0.4) is 0 Å². The summed E-state index contributed by atoms with van der Waals surface area (Å²) in [6, 6.07) is 0. The van der Waals surface area contributed by atoms with Gasteiger partial charge in [0.15, 0.2) is 12.0 Å². The number of alkyl halides is 1. The fourth-order valence-electron chi connectivity index (χ4n) is 6.76. The van der Waals surface area contributed by atoms with Gasteiger partial charge in [-0.1, -0.05) is 26.3 Å². The molecule has 4 aliphatic carbocycles. The van der Waals surface area contributed by atoms with E-state index < -0.39 is 11.6 Å². The van der Waals surface area contributed by atoms with Crippen LogP contribution in [0.1, 0.15) is 59.3 Å². The normalized spacial score (nSPS) is 52.5. The van der Waals surface area contributed by atoms with Crippen LogP contribution in [0.15, 0.2) is 11.6 Å². The zero-order valence-corrected chi connectivity index (χ0v) is 14.5. The van der Waals surface area contributed by atoms with Gasteiger partial charge >= 0.3 is 0 Å². The number of allylic oxidation sites excluding steroid dienone is 2. The molecule has 4 aliphatic rings. The van der Waals surface area contributed by atoms with E-state index in [0.717, 1.165) is 37.8 Å². The predicted molar refractivity (Wildman–Crippen MR) is 89.3 cm³/mol. The van der Waals surface area contributed by atoms with Crippen molar-refractivity contribution in [2.45, 2.75) is 65.5 Å². The van der Waals surface area contributed by atoms with Gasteiger partial charge in [-0.3, -0.25) is 4.79 Å². The number of Topliss-reactive ketones (excluding diaryl/α,β-unsaturated/α-hetero) is 1. The number of carbonyl (C=O) groups excluding carboxylic acids is 1. The molecule has 23 heavy (non-hydrogen) atoms. The first-order valence-corrected chi connectivity index (χ1v) is 9.25. The number of ketones is 1. The summed E-state index contributed by atoms with van der Waals surface area (Å²) in [4.78, 5) is 12.4. The van der Waals surface area contributed by atoms with Crippen molar-refractivity contribution in [2.75, 3.05) is 0 Å². The van der Waals surface area contributed by atoms with Crippen molar-refractivity contribution in [1.29, 1.82) is 5.41 Å². The van der Waals surface area contributed by atoms with Crippen LogP contribution in [-0.2, 0) is 4.79 Å². The highest BCUT2D eigenvalue weighted by molar-refractivity contribution is 5.94. The van der Waals surface area contributed by atoms with E-state index in [2.05, 4.69) is 19.9 Å². The molecule has 7 atom stereocenters. The molecule has 3 fully saturated rings. The van der Waals surface area contributed by atoms with E-state index in [1.807, 2.05) is 6.92 Å². The molecule has 0 spiro atoms. The minimum Gasteiger partial charge on any atom is -0.305 e. The topological polar surface area (TPSA) is 40.9 Å². The molecule has 3 saturated carbocycles. The van der Waals surface area contributed by atoms with Crippen molar-refractivity contribution in [3.8, 4) is 0 Å². The molecule has 0 aromatic heterocycles. The van der Waals surface area contributed by atoms with Crippen LogP contribution in [0.2, 0.25) is 0 Å². The number of hydrogen-bond acceptors (Lipinski definition) is 2. The van der Waals surface area contributed by atoms with E-state index in [1.54, 1.807) is 0 Å². The van der Waals surface area contributed by atoms with Gasteiger partial charge in [-0.05, 0) is 73.7 Å². The highest BCUT2D eigenvalue weighted by Crippen LogP contribution is 2.65. The quantitative estimate of drug-likeness (QED) is 0.689. The third-order valence-corrected chi connectivity index (χ3v) is 8.01. The van der Waals surface area contributed by atoms with Crippen molar-refractivity contribution < 1.29 is 9.18 Å². The first kappa shape index (κ1) is 15.5. The van der Waals surface area contributed by atoms with Crippen molar-refractivity contribution in [2.24, 2.45) is 34.5 Å². The average Bonchev–Trinajstić information content (AvgIpc) is 2.73. The van der Waals surface area contributed by atoms with Gasteiger partial charge in [-0.2, -0.15) is 0 Å². The number of rotatable bonds is 0. The summed E-state index contributed by atoms with van der Waals surface area (Å²) in [5.74, 6) is 1.60. The largest absolute Gasteiger partial charge is 0.305 e. The van der Waals surface area contributed by atoms with Crippen molar-refractivity contribution in [3.63, 3.8) is 0 Å². The van der Waals surface area contributed by atoms with E-state index in [1.165, 1.54) is 5.57 Å². The second-order valence-electron chi connectivity index (χ2n) is 9.08. The fourth-order valence-corrected chi connectivity index (χ4v) is 6.76. The highest BCUT2D eigenvalue weighted by Gasteiger charge is 2.62. The van der Waals surface area contributed by atoms with Crippen LogP contribution in [0.5, 0.6) is 0 Å². The molecule has 0 aliphatic heterocycles. The Kier molecular flexibility index (Phi) is 3.22. The van der Waals surface area contributed by atoms with Gasteiger partial charge in [-0.15, -0.1) is 0 Å². The summed E-state index contributed by atoms with van der Waals surface area (Å²) in [6.45, 7) is 6.68. The average molecular weight is 317 g/mol. The lowest BCUT2D eigenvalue weighted by Crippen LogP contribution is -2.52. The van der Waals surface area contributed by atoms with Gasteiger partial charge in [0.2, 0.25) is 0 Å². The third kappa shape index (κ3) is 1.91. The molecule has 0 amide bonds. The Labute approximate surface area is 138 Å². The Morgan fingerprint density at radius 2 is 1.91 bits per heavy atom. The lowest BCUT2D eigenvalue weighted by Gasteiger charge is -2.58. The van der Waals surface area contributed by atoms with Crippen molar-refractivity contribution in [1.82, 2.24) is 0 Å². The summed E-state index contributed by atoms with van der Waals surface area (Å²) in [5, 5.41) is 8.05. The summed E-state index contributed by atoms with van der Waals surface area (Å²) in [6.07, 6.45) is 6.24. The van der Waals surface area contributed by atoms with Gasteiger partial charge in [0.05, 0.1) is 0 Å². The molecule has 4 rings (SSSR count). The molecule has 0 bridgehead atoms. The molecule has 0 heterocycles. The van der Waals surface area contributed by atoms with Crippen LogP contribution in [0.25, 0.3) is 0 Å². The maximum absolute atomic E-state index is 14.2. The standard InChI is InChI=1S/C20H28FNO/c1-11-8-13-14(19(2)6-4-12(22)9-15(11)19)5-7-20(3)16(13)10-17(21)18(20)23/h9,11,13-14,16-17,22H,4-8,10H2,1-3H3/t11?,13?,14?,16?,17?,19-,20+/m1/s1. The first-order chi connectivity index (χ1) is 10.8. The summed E-state index contributed by atoms with van der Waals surface area (Å²) in [7, 11) is 0. The second-order valence-corrected chi connectivity index (χ2v) is 9.08. The number of halogens is 1. The maximum atomic E-state index is 14.2. The molecular formula is C20H28FNO. The fraction of sp³-hybridized carbons (Fsp3) is 0.800. The van der Waals surface area contributed by atoms with Crippen LogP contribution in [0, 0.1) is 39.9 Å². The molecular weight excluding hydrogens is 289 g/mol. The zero-order valence-electron chi connectivity index (χ0n) is 14.5. The first-order valence-electron chi connectivity index (χ1n) is 9.25. The SMILES string of the molecule is CC1CC2C(CC[C@]3(C)C(=O)C(F)CC23)[C@@]2(C)CCC(=N)C=C12. The molecule has 1 N–H and O–H groups in total. The van der Waals surface area contributed by atoms with E-state index in [9.17, 15) is 9.18 Å². The maximum Gasteiger partial charge on any atom is 0.173 e. The van der Waals surface area contributed by atoms with Crippen LogP contribution >= 0.6 is 0 Å². The van der Waals surface area contributed by atoms with E-state index in [-0.39, 0.29) is 17.1 Å². The minimum atomic E-state index is -1.23. The van der Waals surface area contributed by atoms with E-state index >= 15 is 0 Å². The van der Waals surface area contributed by atoms with Crippen molar-refractivity contribution in [3.05, 3.63) is 11.6 Å². The van der Waals surface area contributed by atoms with Crippen LogP contribution < -0.4 is 0 Å². The molecule has 3 heteroatoms. The second kappa shape index (κ2) is 4.77. The molecule has 5 unspecified atom stereocenters. The van der Waals surface area contributed by atoms with Crippen LogP contribution in [-0.4, -0.2) is 17.7 Å². The third-order valence-electron chi connectivity index (χ3n) is 8.01. The summed E-state index contributed by atoms with van der Waals surface area (Å²) < 4.78 is 14.2. The molecule has 0 saturated heterocycles. The Bertz CT molecular complexity index is 611. The molecule has 0 aromatic carbocycles. The summed E-state index contributed by atoms with van der Waals surface area (Å²) >= 11 is 0.